The Morgan fingerprint density at radius 3 is 2.90 bits per heavy atom. The third-order valence-electron chi connectivity index (χ3n) is 3.64. The van der Waals surface area contributed by atoms with E-state index < -0.39 is 0 Å². The molecule has 0 aliphatic carbocycles. The molecule has 0 aromatic heterocycles. The predicted molar refractivity (Wildman–Crippen MR) is 79.0 cm³/mol. The van der Waals surface area contributed by atoms with Crippen LogP contribution in [0.15, 0.2) is 18.2 Å². The molecule has 1 heterocycles. The lowest BCUT2D eigenvalue weighted by Crippen LogP contribution is -2.22. The molecule has 5 heteroatoms. The van der Waals surface area contributed by atoms with Gasteiger partial charge in [-0.15, -0.1) is 0 Å². The van der Waals surface area contributed by atoms with E-state index in [4.69, 9.17) is 14.2 Å². The van der Waals surface area contributed by atoms with Crippen molar-refractivity contribution in [3.8, 4) is 5.75 Å². The van der Waals surface area contributed by atoms with Crippen LogP contribution in [-0.4, -0.2) is 40.1 Å². The van der Waals surface area contributed by atoms with Gasteiger partial charge in [-0.3, -0.25) is 0 Å². The first-order valence-electron chi connectivity index (χ1n) is 7.48. The minimum Gasteiger partial charge on any atom is -0.493 e. The third-order valence-corrected chi connectivity index (χ3v) is 3.64. The Morgan fingerprint density at radius 1 is 1.33 bits per heavy atom. The molecule has 118 valence electrons. The third kappa shape index (κ3) is 5.61. The van der Waals surface area contributed by atoms with Gasteiger partial charge in [0.2, 0.25) is 0 Å². The van der Waals surface area contributed by atoms with Crippen molar-refractivity contribution in [3.63, 3.8) is 0 Å². The standard InChI is InChI=1S/C16H24FNO3/c1-19-9-6-18-11-14-10-15(17)2-3-16(14)21-12-13-4-7-20-8-5-13/h2-3,10,13,18H,4-9,11-12H2,1H3. The highest BCUT2D eigenvalue weighted by Crippen LogP contribution is 2.22. The normalized spacial score (nSPS) is 16.1. The van der Waals surface area contributed by atoms with Crippen molar-refractivity contribution >= 4 is 0 Å². The summed E-state index contributed by atoms with van der Waals surface area (Å²) in [6.45, 7) is 4.22. The molecule has 1 fully saturated rings. The number of nitrogens with one attached hydrogen (secondary N) is 1. The summed E-state index contributed by atoms with van der Waals surface area (Å²) in [5.74, 6) is 1.04. The molecule has 0 amide bonds. The fourth-order valence-corrected chi connectivity index (χ4v) is 2.34. The molecule has 1 aliphatic heterocycles. The highest BCUT2D eigenvalue weighted by Gasteiger charge is 2.15. The molecule has 0 spiro atoms. The van der Waals surface area contributed by atoms with Gasteiger partial charge in [0.05, 0.1) is 13.2 Å². The Balaban J connectivity index is 1.87. The molecule has 0 bridgehead atoms. The highest BCUT2D eigenvalue weighted by molar-refractivity contribution is 5.34. The Kier molecular flexibility index (Phi) is 6.92. The minimum absolute atomic E-state index is 0.239. The molecular formula is C16H24FNO3. The van der Waals surface area contributed by atoms with Crippen molar-refractivity contribution in [2.45, 2.75) is 19.4 Å². The molecule has 0 saturated carbocycles. The lowest BCUT2D eigenvalue weighted by Gasteiger charge is -2.23. The summed E-state index contributed by atoms with van der Waals surface area (Å²) in [4.78, 5) is 0. The molecule has 1 aromatic carbocycles. The second kappa shape index (κ2) is 8.97. The van der Waals surface area contributed by atoms with Crippen LogP contribution >= 0.6 is 0 Å². The lowest BCUT2D eigenvalue weighted by atomic mass is 10.0. The van der Waals surface area contributed by atoms with Gasteiger partial charge in [0.25, 0.3) is 0 Å². The number of benzene rings is 1. The zero-order chi connectivity index (χ0) is 14.9. The largest absolute Gasteiger partial charge is 0.493 e. The van der Waals surface area contributed by atoms with Crippen molar-refractivity contribution in [1.29, 1.82) is 0 Å². The second-order valence-corrected chi connectivity index (χ2v) is 5.29. The monoisotopic (exact) mass is 297 g/mol. The zero-order valence-corrected chi connectivity index (χ0v) is 12.6. The van der Waals surface area contributed by atoms with Gasteiger partial charge in [-0.1, -0.05) is 0 Å². The quantitative estimate of drug-likeness (QED) is 0.748. The van der Waals surface area contributed by atoms with Crippen LogP contribution in [0, 0.1) is 11.7 Å². The van der Waals surface area contributed by atoms with Crippen LogP contribution in [0.2, 0.25) is 0 Å². The van der Waals surface area contributed by atoms with E-state index in [1.54, 1.807) is 13.2 Å². The SMILES string of the molecule is COCCNCc1cc(F)ccc1OCC1CCOCC1. The molecule has 2 rings (SSSR count). The highest BCUT2D eigenvalue weighted by atomic mass is 19.1. The fraction of sp³-hybridized carbons (Fsp3) is 0.625. The van der Waals surface area contributed by atoms with E-state index >= 15 is 0 Å². The van der Waals surface area contributed by atoms with Gasteiger partial charge in [-0.25, -0.2) is 4.39 Å². The molecule has 0 radical (unpaired) electrons. The fourth-order valence-electron chi connectivity index (χ4n) is 2.34. The number of hydrogen-bond donors (Lipinski definition) is 1. The maximum absolute atomic E-state index is 13.4. The van der Waals surface area contributed by atoms with Crippen LogP contribution in [-0.2, 0) is 16.0 Å². The van der Waals surface area contributed by atoms with Crippen LogP contribution in [0.25, 0.3) is 0 Å². The van der Waals surface area contributed by atoms with Gasteiger partial charge in [0.15, 0.2) is 0 Å². The molecule has 21 heavy (non-hydrogen) atoms. The molecule has 1 aromatic rings. The summed E-state index contributed by atoms with van der Waals surface area (Å²) >= 11 is 0. The summed E-state index contributed by atoms with van der Waals surface area (Å²) in [6.07, 6.45) is 2.06. The van der Waals surface area contributed by atoms with Crippen molar-refractivity contribution < 1.29 is 18.6 Å². The van der Waals surface area contributed by atoms with Crippen molar-refractivity contribution in [2.75, 3.05) is 40.1 Å². The predicted octanol–water partition coefficient (Wildman–Crippen LogP) is 2.37. The van der Waals surface area contributed by atoms with E-state index in [2.05, 4.69) is 5.32 Å². The number of rotatable bonds is 8. The van der Waals surface area contributed by atoms with E-state index in [1.165, 1.54) is 12.1 Å². The van der Waals surface area contributed by atoms with E-state index in [1.807, 2.05) is 0 Å². The molecule has 0 atom stereocenters. The summed E-state index contributed by atoms with van der Waals surface area (Å²) < 4.78 is 29.6. The van der Waals surface area contributed by atoms with Gasteiger partial charge in [0, 0.05) is 39.0 Å². The van der Waals surface area contributed by atoms with E-state index in [-0.39, 0.29) is 5.82 Å². The number of hydrogen-bond acceptors (Lipinski definition) is 4. The summed E-state index contributed by atoms with van der Waals surface area (Å²) in [6, 6.07) is 4.68. The topological polar surface area (TPSA) is 39.7 Å². The number of halogens is 1. The minimum atomic E-state index is -0.239. The molecular weight excluding hydrogens is 273 g/mol. The van der Waals surface area contributed by atoms with Gasteiger partial charge in [-0.2, -0.15) is 0 Å². The van der Waals surface area contributed by atoms with Gasteiger partial charge >= 0.3 is 0 Å². The average Bonchev–Trinajstić information content (AvgIpc) is 2.52. The van der Waals surface area contributed by atoms with Gasteiger partial charge < -0.3 is 19.5 Å². The molecule has 4 nitrogen and oxygen atoms in total. The van der Waals surface area contributed by atoms with Gasteiger partial charge in [0.1, 0.15) is 11.6 Å². The Bertz CT molecular complexity index is 422. The van der Waals surface area contributed by atoms with Crippen LogP contribution in [0.1, 0.15) is 18.4 Å². The van der Waals surface area contributed by atoms with Crippen LogP contribution in [0.4, 0.5) is 4.39 Å². The zero-order valence-electron chi connectivity index (χ0n) is 12.6. The van der Waals surface area contributed by atoms with E-state index in [0.29, 0.717) is 25.7 Å². The van der Waals surface area contributed by atoms with E-state index in [9.17, 15) is 4.39 Å². The Labute approximate surface area is 125 Å². The molecule has 1 aliphatic rings. The van der Waals surface area contributed by atoms with Crippen LogP contribution in [0.5, 0.6) is 5.75 Å². The summed E-state index contributed by atoms with van der Waals surface area (Å²) in [5.41, 5.74) is 0.846. The smallest absolute Gasteiger partial charge is 0.123 e. The first-order valence-corrected chi connectivity index (χ1v) is 7.48. The van der Waals surface area contributed by atoms with Gasteiger partial charge in [-0.05, 0) is 37.0 Å². The Hall–Kier alpha value is -1.17. The van der Waals surface area contributed by atoms with Crippen LogP contribution in [0.3, 0.4) is 0 Å². The first-order chi connectivity index (χ1) is 10.3. The van der Waals surface area contributed by atoms with Crippen LogP contribution < -0.4 is 10.1 Å². The Morgan fingerprint density at radius 2 is 2.14 bits per heavy atom. The average molecular weight is 297 g/mol. The number of ether oxygens (including phenoxy) is 3. The summed E-state index contributed by atoms with van der Waals surface area (Å²) in [7, 11) is 1.66. The van der Waals surface area contributed by atoms with E-state index in [0.717, 1.165) is 43.9 Å². The maximum atomic E-state index is 13.4. The number of methoxy groups -OCH3 is 1. The van der Waals surface area contributed by atoms with Crippen molar-refractivity contribution in [3.05, 3.63) is 29.6 Å². The second-order valence-electron chi connectivity index (χ2n) is 5.29. The first kappa shape index (κ1) is 16.2. The van der Waals surface area contributed by atoms with Crippen molar-refractivity contribution in [2.24, 2.45) is 5.92 Å². The van der Waals surface area contributed by atoms with Crippen molar-refractivity contribution in [1.82, 2.24) is 5.32 Å². The molecule has 0 unspecified atom stereocenters. The molecule has 1 N–H and O–H groups in total. The maximum Gasteiger partial charge on any atom is 0.123 e. The lowest BCUT2D eigenvalue weighted by molar-refractivity contribution is 0.0496. The summed E-state index contributed by atoms with van der Waals surface area (Å²) in [5, 5.41) is 3.22. The molecule has 1 saturated heterocycles.